The molecule has 0 spiro atoms. The summed E-state index contributed by atoms with van der Waals surface area (Å²) in [6, 6.07) is 20.5. The van der Waals surface area contributed by atoms with Gasteiger partial charge >= 0.3 is 0 Å². The van der Waals surface area contributed by atoms with E-state index in [4.69, 9.17) is 54.4 Å². The fourth-order valence-electron chi connectivity index (χ4n) is 7.72. The van der Waals surface area contributed by atoms with E-state index in [1.807, 2.05) is 12.1 Å². The summed E-state index contributed by atoms with van der Waals surface area (Å²) >= 11 is 17.3. The van der Waals surface area contributed by atoms with E-state index >= 15 is 4.39 Å². The number of nitrogens with one attached hydrogen (secondary N) is 1. The van der Waals surface area contributed by atoms with Crippen LogP contribution in [-0.4, -0.2) is 49.8 Å². The van der Waals surface area contributed by atoms with Gasteiger partial charge in [0.15, 0.2) is 22.9 Å². The van der Waals surface area contributed by atoms with Crippen molar-refractivity contribution in [1.82, 2.24) is 49.8 Å². The minimum absolute atomic E-state index is 0.0126. The fourth-order valence-corrected chi connectivity index (χ4v) is 8.08. The summed E-state index contributed by atoms with van der Waals surface area (Å²) in [6.07, 6.45) is 3.82. The van der Waals surface area contributed by atoms with Crippen LogP contribution < -0.4 is 11.1 Å². The Morgan fingerprint density at radius 2 is 1.22 bits per heavy atom. The highest BCUT2D eigenvalue weighted by Gasteiger charge is 2.49. The molecular weight excluding hydrogens is 905 g/mol. The Bertz CT molecular complexity index is 3260. The lowest BCUT2D eigenvalue weighted by molar-refractivity contribution is 0.0333. The Labute approximate surface area is 381 Å². The number of aromatic nitrogens is 10. The highest BCUT2D eigenvalue weighted by Crippen LogP contribution is 2.54. The van der Waals surface area contributed by atoms with Crippen molar-refractivity contribution in [3.63, 3.8) is 0 Å². The Morgan fingerprint density at radius 1 is 0.738 bits per heavy atom. The topological polar surface area (TPSA) is 232 Å². The molecule has 2 aliphatic carbocycles. The minimum Gasteiger partial charge on any atom is -0.338 e. The van der Waals surface area contributed by atoms with Gasteiger partial charge in [0, 0.05) is 21.9 Å². The van der Waals surface area contributed by atoms with Crippen molar-refractivity contribution >= 4 is 56.9 Å². The van der Waals surface area contributed by atoms with Crippen molar-refractivity contribution in [1.29, 1.82) is 10.5 Å². The lowest BCUT2D eigenvalue weighted by Crippen LogP contribution is -2.36. The summed E-state index contributed by atoms with van der Waals surface area (Å²) < 4.78 is 41.4. The standard InChI is InChI=1S/C22H16ClFN6O2.C13H11Cl2FN2O.C9H6N4O/c1-12-6-16(9-25)27-20-18(12)21(31)30(11-26-20)10-17-28-19(29-32-17)13-7-22(24,8-13)14-2-4-15(23)5-3-14;14-7-11-17-12(18-19-11)8-5-13(16,6-8)9-1-3-10(15)4-2-9;1-5-2-6(3-10)13-8-7(5)9(14)12-4-11-8/h2-6,11,13H,7-8,10H2,1H3;1-4,8H,5-7H2;2,4H,1H3,(H,11,12,13,14). The number of pyridine rings is 2. The Kier molecular flexibility index (Phi) is 12.5. The van der Waals surface area contributed by atoms with Gasteiger partial charge in [0.1, 0.15) is 53.6 Å². The smallest absolute Gasteiger partial charge is 0.263 e. The lowest BCUT2D eigenvalue weighted by Gasteiger charge is -2.40. The maximum atomic E-state index is 15.1. The molecule has 1 N–H and O–H groups in total. The Morgan fingerprint density at radius 3 is 1.71 bits per heavy atom. The first-order valence-electron chi connectivity index (χ1n) is 19.8. The number of hydrogen-bond acceptors (Lipinski definition) is 14. The van der Waals surface area contributed by atoms with Gasteiger partial charge in [-0.3, -0.25) is 14.2 Å². The maximum absolute atomic E-state index is 15.1. The molecule has 0 unspecified atom stereocenters. The van der Waals surface area contributed by atoms with Crippen molar-refractivity contribution in [3.8, 4) is 12.1 Å². The molecule has 2 saturated carbocycles. The van der Waals surface area contributed by atoms with Crippen LogP contribution in [0.2, 0.25) is 10.0 Å². The van der Waals surface area contributed by atoms with Gasteiger partial charge in [0.25, 0.3) is 11.1 Å². The van der Waals surface area contributed by atoms with E-state index in [1.165, 1.54) is 17.2 Å². The number of H-pyrrole nitrogens is 1. The number of fused-ring (bicyclic) bond motifs is 2. The van der Waals surface area contributed by atoms with E-state index in [2.05, 4.69) is 45.2 Å². The molecule has 21 heteroatoms. The van der Waals surface area contributed by atoms with Crippen molar-refractivity contribution in [3.05, 3.63) is 161 Å². The summed E-state index contributed by atoms with van der Waals surface area (Å²) in [5.74, 6) is 1.55. The highest BCUT2D eigenvalue weighted by molar-refractivity contribution is 6.30. The van der Waals surface area contributed by atoms with Gasteiger partial charge in [-0.1, -0.05) is 57.8 Å². The van der Waals surface area contributed by atoms with Crippen LogP contribution in [0.15, 0.2) is 92.0 Å². The van der Waals surface area contributed by atoms with Gasteiger partial charge < -0.3 is 14.0 Å². The van der Waals surface area contributed by atoms with Crippen LogP contribution in [0.3, 0.4) is 0 Å². The quantitative estimate of drug-likeness (QED) is 0.148. The number of nitrogens with zero attached hydrogens (tertiary/aromatic N) is 11. The van der Waals surface area contributed by atoms with E-state index < -0.39 is 11.3 Å². The second kappa shape index (κ2) is 18.2. The van der Waals surface area contributed by atoms with E-state index in [0.29, 0.717) is 79.1 Å². The third kappa shape index (κ3) is 9.33. The second-order valence-corrected chi connectivity index (χ2v) is 16.7. The Balaban J connectivity index is 0.000000147. The van der Waals surface area contributed by atoms with Crippen LogP contribution in [-0.2, 0) is 23.8 Å². The van der Waals surface area contributed by atoms with Crippen molar-refractivity contribution < 1.29 is 17.8 Å². The van der Waals surface area contributed by atoms with E-state index in [1.54, 1.807) is 74.5 Å². The summed E-state index contributed by atoms with van der Waals surface area (Å²) in [4.78, 5) is 51.3. The predicted octanol–water partition coefficient (Wildman–Crippen LogP) is 8.50. The molecule has 6 aromatic heterocycles. The molecule has 0 saturated heterocycles. The second-order valence-electron chi connectivity index (χ2n) is 15.6. The number of nitriles is 2. The average Bonchev–Trinajstić information content (AvgIpc) is 3.96. The number of hydrogen-bond donors (Lipinski definition) is 1. The first-order chi connectivity index (χ1) is 31.2. The zero-order chi connectivity index (χ0) is 46.0. The van der Waals surface area contributed by atoms with Crippen LogP contribution >= 0.6 is 34.8 Å². The van der Waals surface area contributed by atoms with Gasteiger partial charge in [0.2, 0.25) is 11.8 Å². The highest BCUT2D eigenvalue weighted by atomic mass is 35.5. The Hall–Kier alpha value is -6.99. The third-order valence-corrected chi connectivity index (χ3v) is 11.9. The monoisotopic (exact) mass is 936 g/mol. The van der Waals surface area contributed by atoms with Crippen LogP contribution in [0, 0.1) is 36.5 Å². The molecule has 0 atom stereocenters. The largest absolute Gasteiger partial charge is 0.338 e. The maximum Gasteiger partial charge on any atom is 0.263 e. The molecule has 0 radical (unpaired) electrons. The zero-order valence-electron chi connectivity index (χ0n) is 34.3. The van der Waals surface area contributed by atoms with Gasteiger partial charge in [-0.15, -0.1) is 11.6 Å². The molecule has 10 rings (SSSR count). The number of benzene rings is 2. The van der Waals surface area contributed by atoms with E-state index in [-0.39, 0.29) is 71.1 Å². The molecule has 328 valence electrons. The molecule has 2 aliphatic rings. The molecule has 6 heterocycles. The van der Waals surface area contributed by atoms with Crippen molar-refractivity contribution in [2.45, 2.75) is 75.1 Å². The van der Waals surface area contributed by atoms with Crippen LogP contribution in [0.5, 0.6) is 0 Å². The number of rotatable bonds is 7. The minimum atomic E-state index is -1.44. The molecule has 65 heavy (non-hydrogen) atoms. The number of alkyl halides is 3. The van der Waals surface area contributed by atoms with Gasteiger partial charge in [0.05, 0.1) is 17.1 Å². The first kappa shape index (κ1) is 44.6. The SMILES string of the molecule is Cc1cc(C#N)nc2nc[nH]c(=O)c12.Cc1cc(C#N)nc2ncn(Cc3nc(C4CC(F)(c5ccc(Cl)cc5)C4)no3)c(=O)c12.FC1(c2ccc(Cl)cc2)CC(c2noc(CCl)n2)C1. The molecule has 8 aromatic rings. The van der Waals surface area contributed by atoms with Crippen LogP contribution in [0.4, 0.5) is 8.78 Å². The molecule has 16 nitrogen and oxygen atoms in total. The van der Waals surface area contributed by atoms with Gasteiger partial charge in [-0.2, -0.15) is 20.5 Å². The summed E-state index contributed by atoms with van der Waals surface area (Å²) in [6.45, 7) is 3.50. The first-order valence-corrected chi connectivity index (χ1v) is 21.1. The average molecular weight is 938 g/mol. The molecule has 0 bridgehead atoms. The van der Waals surface area contributed by atoms with Gasteiger partial charge in [-0.25, -0.2) is 28.7 Å². The lowest BCUT2D eigenvalue weighted by atomic mass is 9.68. The van der Waals surface area contributed by atoms with Crippen molar-refractivity contribution in [2.24, 2.45) is 0 Å². The molecule has 0 amide bonds. The summed E-state index contributed by atoms with van der Waals surface area (Å²) in [7, 11) is 0. The molecule has 2 aromatic carbocycles. The zero-order valence-corrected chi connectivity index (χ0v) is 36.5. The summed E-state index contributed by atoms with van der Waals surface area (Å²) in [5, 5.41) is 27.4. The predicted molar refractivity (Wildman–Crippen MR) is 233 cm³/mol. The third-order valence-electron chi connectivity index (χ3n) is 11.1. The van der Waals surface area contributed by atoms with Crippen molar-refractivity contribution in [2.75, 3.05) is 0 Å². The number of aromatic amines is 1. The number of halogens is 5. The van der Waals surface area contributed by atoms with E-state index in [9.17, 15) is 14.0 Å². The normalized spacial score (nSPS) is 19.7. The van der Waals surface area contributed by atoms with Gasteiger partial charge in [-0.05, 0) is 98.2 Å². The fraction of sp³-hybridized carbons (Fsp3) is 0.273. The number of aryl methyl sites for hydroxylation is 2. The van der Waals surface area contributed by atoms with Crippen LogP contribution in [0.1, 0.15) is 94.6 Å². The molecular formula is C44H33Cl3F2N12O4. The van der Waals surface area contributed by atoms with E-state index in [0.717, 1.165) is 0 Å². The molecule has 0 aliphatic heterocycles. The molecule has 2 fully saturated rings. The summed E-state index contributed by atoms with van der Waals surface area (Å²) in [5.41, 5.74) is 0.226. The van der Waals surface area contributed by atoms with Crippen LogP contribution in [0.25, 0.3) is 22.1 Å².